The first-order valence-corrected chi connectivity index (χ1v) is 15.6. The van der Waals surface area contributed by atoms with Gasteiger partial charge < -0.3 is 10.1 Å². The molecule has 2 aromatic heterocycles. The summed E-state index contributed by atoms with van der Waals surface area (Å²) in [6.45, 7) is 13.5. The average Bonchev–Trinajstić information content (AvgIpc) is 3.50. The summed E-state index contributed by atoms with van der Waals surface area (Å²) in [6.07, 6.45) is 4.68. The van der Waals surface area contributed by atoms with E-state index in [2.05, 4.69) is 74.1 Å². The normalized spacial score (nSPS) is 14.9. The fraction of sp³-hybridized carbons (Fsp3) is 0.375. The fourth-order valence-corrected chi connectivity index (χ4v) is 7.44. The lowest BCUT2D eigenvalue weighted by Gasteiger charge is -2.33. The van der Waals surface area contributed by atoms with Crippen molar-refractivity contribution in [1.29, 1.82) is 5.26 Å². The molecule has 0 aliphatic heterocycles. The van der Waals surface area contributed by atoms with Crippen molar-refractivity contribution in [2.24, 2.45) is 11.3 Å². The van der Waals surface area contributed by atoms with Gasteiger partial charge in [-0.25, -0.2) is 0 Å². The number of ether oxygens (including phenoxy) is 1. The molecule has 1 aliphatic rings. The number of benzene rings is 2. The average molecular weight is 586 g/mol. The minimum atomic E-state index is -0.171. The second-order valence-corrected chi connectivity index (χ2v) is 13.5. The second-order valence-electron chi connectivity index (χ2n) is 11.5. The lowest BCUT2D eigenvalue weighted by molar-refractivity contribution is -0.113. The van der Waals surface area contributed by atoms with Crippen molar-refractivity contribution in [3.05, 3.63) is 76.4 Å². The third-order valence-corrected chi connectivity index (χ3v) is 9.93. The zero-order valence-corrected chi connectivity index (χ0v) is 25.6. The van der Waals surface area contributed by atoms with E-state index in [0.717, 1.165) is 41.5 Å². The van der Waals surface area contributed by atoms with E-state index < -0.39 is 0 Å². The Morgan fingerprint density at radius 2 is 2.10 bits per heavy atom. The van der Waals surface area contributed by atoms with Gasteiger partial charge in [0.2, 0.25) is 5.91 Å². The number of carbonyl (C=O) groups excluding carboxylic acids is 1. The molecule has 212 valence electrons. The number of nitrogens with one attached hydrogen (secondary N) is 1. The first kappa shape index (κ1) is 28.9. The lowest BCUT2D eigenvalue weighted by Crippen LogP contribution is -2.26. The third kappa shape index (κ3) is 6.19. The maximum absolute atomic E-state index is 13.0. The molecule has 0 saturated heterocycles. The van der Waals surface area contributed by atoms with Crippen molar-refractivity contribution in [3.8, 4) is 11.8 Å². The monoisotopic (exact) mass is 585 g/mol. The molecule has 2 heterocycles. The largest absolute Gasteiger partial charge is 0.485 e. The summed E-state index contributed by atoms with van der Waals surface area (Å²) in [7, 11) is 0. The van der Waals surface area contributed by atoms with Crippen LogP contribution in [0.5, 0.6) is 5.75 Å². The fourth-order valence-electron chi connectivity index (χ4n) is 5.37. The SMILES string of the molecule is C=CCn1c(COc2ccc3ccccc3c2C)nnc1SCC(=O)Nc1sc2c(c1C#N)CC[C@H](C(C)(C)C)C2. The van der Waals surface area contributed by atoms with E-state index in [-0.39, 0.29) is 23.7 Å². The first-order chi connectivity index (χ1) is 19.7. The Bertz CT molecular complexity index is 1640. The van der Waals surface area contributed by atoms with Gasteiger partial charge in [-0.3, -0.25) is 9.36 Å². The molecule has 0 unspecified atom stereocenters. The number of anilines is 1. The van der Waals surface area contributed by atoms with Crippen LogP contribution in [0.15, 0.2) is 54.2 Å². The molecule has 41 heavy (non-hydrogen) atoms. The molecule has 1 aliphatic carbocycles. The van der Waals surface area contributed by atoms with Gasteiger partial charge in [0.1, 0.15) is 23.4 Å². The summed E-state index contributed by atoms with van der Waals surface area (Å²) in [5, 5.41) is 25.2. The van der Waals surface area contributed by atoms with Crippen LogP contribution in [0.4, 0.5) is 5.00 Å². The number of hydrogen-bond acceptors (Lipinski definition) is 7. The molecule has 0 saturated carbocycles. The number of amides is 1. The van der Waals surface area contributed by atoms with E-state index >= 15 is 0 Å². The van der Waals surface area contributed by atoms with Crippen LogP contribution in [0.1, 0.15) is 54.6 Å². The number of thiophene rings is 1. The van der Waals surface area contributed by atoms with Gasteiger partial charge in [0.25, 0.3) is 0 Å². The summed E-state index contributed by atoms with van der Waals surface area (Å²) >= 11 is 2.86. The zero-order chi connectivity index (χ0) is 29.1. The number of aromatic nitrogens is 3. The van der Waals surface area contributed by atoms with E-state index in [9.17, 15) is 10.1 Å². The standard InChI is InChI=1S/C32H35N5O2S2/c1-6-15-37-28(18-39-26-14-11-21-9-7-8-10-23(21)20(26)2)35-36-31(37)40-19-29(38)34-30-25(17-33)24-13-12-22(32(3,4)5)16-27(24)41-30/h6-11,14,22H,1,12-13,15-16,18-19H2,2-5H3,(H,34,38)/t22-/m0/s1. The number of rotatable bonds is 9. The van der Waals surface area contributed by atoms with Gasteiger partial charge in [-0.15, -0.1) is 28.1 Å². The van der Waals surface area contributed by atoms with Crippen molar-refractivity contribution in [2.45, 2.75) is 65.3 Å². The van der Waals surface area contributed by atoms with Crippen LogP contribution in [-0.2, 0) is 30.8 Å². The highest BCUT2D eigenvalue weighted by Crippen LogP contribution is 2.44. The number of nitriles is 1. The molecule has 5 rings (SSSR count). The van der Waals surface area contributed by atoms with E-state index in [1.807, 2.05) is 22.8 Å². The summed E-state index contributed by atoms with van der Waals surface area (Å²) in [5.41, 5.74) is 3.02. The maximum atomic E-state index is 13.0. The Balaban J connectivity index is 1.24. The zero-order valence-electron chi connectivity index (χ0n) is 24.0. The van der Waals surface area contributed by atoms with E-state index in [0.29, 0.717) is 34.0 Å². The number of allylic oxidation sites excluding steroid dienone is 1. The molecule has 0 radical (unpaired) electrons. The van der Waals surface area contributed by atoms with Crippen molar-refractivity contribution in [2.75, 3.05) is 11.1 Å². The number of aryl methyl sites for hydroxylation is 1. The van der Waals surface area contributed by atoms with Gasteiger partial charge in [0.05, 0.1) is 11.3 Å². The molecular weight excluding hydrogens is 551 g/mol. The quantitative estimate of drug-likeness (QED) is 0.163. The van der Waals surface area contributed by atoms with Crippen LogP contribution < -0.4 is 10.1 Å². The van der Waals surface area contributed by atoms with Gasteiger partial charge >= 0.3 is 0 Å². The summed E-state index contributed by atoms with van der Waals surface area (Å²) in [5.74, 6) is 2.00. The Kier molecular flexibility index (Phi) is 8.52. The molecule has 1 amide bonds. The Labute approximate surface area is 249 Å². The molecule has 1 N–H and O–H groups in total. The van der Waals surface area contributed by atoms with Crippen molar-refractivity contribution in [1.82, 2.24) is 14.8 Å². The predicted molar refractivity (Wildman–Crippen MR) is 167 cm³/mol. The Hall–Kier alpha value is -3.61. The van der Waals surface area contributed by atoms with Crippen LogP contribution in [0.25, 0.3) is 10.8 Å². The van der Waals surface area contributed by atoms with E-state index in [1.54, 1.807) is 17.4 Å². The lowest BCUT2D eigenvalue weighted by atomic mass is 9.72. The summed E-state index contributed by atoms with van der Waals surface area (Å²) in [4.78, 5) is 14.2. The van der Waals surface area contributed by atoms with Crippen molar-refractivity contribution >= 4 is 44.8 Å². The summed E-state index contributed by atoms with van der Waals surface area (Å²) in [6, 6.07) is 14.6. The smallest absolute Gasteiger partial charge is 0.235 e. The minimum Gasteiger partial charge on any atom is -0.485 e. The molecule has 0 spiro atoms. The van der Waals surface area contributed by atoms with Crippen LogP contribution >= 0.6 is 23.1 Å². The first-order valence-electron chi connectivity index (χ1n) is 13.8. The van der Waals surface area contributed by atoms with Crippen molar-refractivity contribution < 1.29 is 9.53 Å². The van der Waals surface area contributed by atoms with E-state index in [4.69, 9.17) is 4.74 Å². The molecule has 0 fully saturated rings. The number of thioether (sulfide) groups is 1. The highest BCUT2D eigenvalue weighted by Gasteiger charge is 2.32. The van der Waals surface area contributed by atoms with Gasteiger partial charge in [-0.1, -0.05) is 68.9 Å². The third-order valence-electron chi connectivity index (χ3n) is 7.80. The van der Waals surface area contributed by atoms with Gasteiger partial charge in [-0.05, 0) is 65.5 Å². The molecule has 2 aromatic carbocycles. The molecule has 7 nitrogen and oxygen atoms in total. The van der Waals surface area contributed by atoms with Gasteiger partial charge in [0.15, 0.2) is 11.0 Å². The number of nitrogens with zero attached hydrogens (tertiary/aromatic N) is 4. The van der Waals surface area contributed by atoms with E-state index in [1.165, 1.54) is 22.0 Å². The number of fused-ring (bicyclic) bond motifs is 2. The molecular formula is C32H35N5O2S2. The number of hydrogen-bond donors (Lipinski definition) is 1. The Morgan fingerprint density at radius 1 is 1.29 bits per heavy atom. The van der Waals surface area contributed by atoms with Crippen molar-refractivity contribution in [3.63, 3.8) is 0 Å². The van der Waals surface area contributed by atoms with Crippen LogP contribution in [0.3, 0.4) is 0 Å². The van der Waals surface area contributed by atoms with Gasteiger partial charge in [0, 0.05) is 11.4 Å². The Morgan fingerprint density at radius 3 is 2.85 bits per heavy atom. The van der Waals surface area contributed by atoms with Crippen LogP contribution in [0.2, 0.25) is 0 Å². The summed E-state index contributed by atoms with van der Waals surface area (Å²) < 4.78 is 8.07. The topological polar surface area (TPSA) is 92.8 Å². The number of carbonyl (C=O) groups is 1. The van der Waals surface area contributed by atoms with Crippen LogP contribution in [-0.4, -0.2) is 26.4 Å². The predicted octanol–water partition coefficient (Wildman–Crippen LogP) is 7.32. The highest BCUT2D eigenvalue weighted by atomic mass is 32.2. The van der Waals surface area contributed by atoms with Crippen LogP contribution in [0, 0.1) is 29.6 Å². The molecule has 4 aromatic rings. The molecule has 0 bridgehead atoms. The second kappa shape index (κ2) is 12.1. The maximum Gasteiger partial charge on any atom is 0.235 e. The minimum absolute atomic E-state index is 0.151. The van der Waals surface area contributed by atoms with Gasteiger partial charge in [-0.2, -0.15) is 5.26 Å². The highest BCUT2D eigenvalue weighted by molar-refractivity contribution is 7.99. The molecule has 1 atom stereocenters. The molecule has 9 heteroatoms.